The number of nitrogens with one attached hydrogen (secondary N) is 1. The maximum atomic E-state index is 5.07. The third kappa shape index (κ3) is 3.32. The van der Waals surface area contributed by atoms with Crippen molar-refractivity contribution in [3.8, 4) is 0 Å². The second kappa shape index (κ2) is 6.85. The Labute approximate surface area is 128 Å². The minimum absolute atomic E-state index is 0.732. The summed E-state index contributed by atoms with van der Waals surface area (Å²) < 4.78 is 7.35. The molecule has 0 atom stereocenters. The van der Waals surface area contributed by atoms with Crippen molar-refractivity contribution in [1.29, 1.82) is 0 Å². The average molecular weight is 301 g/mol. The predicted molar refractivity (Wildman–Crippen MR) is 86.7 cm³/mol. The lowest BCUT2D eigenvalue weighted by Gasteiger charge is -2.10. The van der Waals surface area contributed by atoms with E-state index in [1.165, 1.54) is 16.5 Å². The van der Waals surface area contributed by atoms with Crippen LogP contribution in [0.3, 0.4) is 0 Å². The molecule has 0 saturated carbocycles. The number of methoxy groups -OCH3 is 1. The molecule has 5 heteroatoms. The van der Waals surface area contributed by atoms with Gasteiger partial charge in [0.05, 0.1) is 29.9 Å². The van der Waals surface area contributed by atoms with Crippen LogP contribution in [0.15, 0.2) is 41.4 Å². The zero-order valence-electron chi connectivity index (χ0n) is 12.1. The van der Waals surface area contributed by atoms with Crippen LogP contribution in [-0.4, -0.2) is 29.8 Å². The molecule has 0 bridgehead atoms. The number of fused-ring (bicyclic) bond motifs is 1. The van der Waals surface area contributed by atoms with E-state index < -0.39 is 0 Å². The number of nitrogens with zero attached hydrogens (tertiary/aromatic N) is 2. The molecule has 1 aromatic carbocycles. The first kappa shape index (κ1) is 14.3. The monoisotopic (exact) mass is 301 g/mol. The lowest BCUT2D eigenvalue weighted by molar-refractivity contribution is 0.199. The molecular formula is C16H19N3OS. The van der Waals surface area contributed by atoms with E-state index in [-0.39, 0.29) is 0 Å². The van der Waals surface area contributed by atoms with Gasteiger partial charge in [0.2, 0.25) is 0 Å². The second-order valence-electron chi connectivity index (χ2n) is 4.95. The molecule has 0 radical (unpaired) electrons. The summed E-state index contributed by atoms with van der Waals surface area (Å²) in [5, 5.41) is 6.80. The number of benzene rings is 1. The van der Waals surface area contributed by atoms with Gasteiger partial charge in [-0.15, -0.1) is 11.3 Å². The Hall–Kier alpha value is -1.69. The van der Waals surface area contributed by atoms with E-state index in [0.29, 0.717) is 0 Å². The molecule has 3 aromatic rings. The van der Waals surface area contributed by atoms with Gasteiger partial charge >= 0.3 is 0 Å². The quantitative estimate of drug-likeness (QED) is 0.682. The third-order valence-corrected chi connectivity index (χ3v) is 4.12. The van der Waals surface area contributed by atoms with Gasteiger partial charge in [-0.3, -0.25) is 0 Å². The number of hydrogen-bond acceptors (Lipinski definition) is 4. The molecule has 0 aliphatic rings. The Balaban J connectivity index is 1.84. The second-order valence-corrected chi connectivity index (χ2v) is 5.67. The Kier molecular flexibility index (Phi) is 4.65. The number of ether oxygens (including phenoxy) is 1. The molecule has 0 saturated heterocycles. The zero-order chi connectivity index (χ0) is 14.5. The van der Waals surface area contributed by atoms with Crippen molar-refractivity contribution >= 4 is 22.2 Å². The zero-order valence-corrected chi connectivity index (χ0v) is 12.9. The van der Waals surface area contributed by atoms with Crippen molar-refractivity contribution in [1.82, 2.24) is 14.9 Å². The first-order valence-corrected chi connectivity index (χ1v) is 7.96. The van der Waals surface area contributed by atoms with Crippen LogP contribution in [0.1, 0.15) is 11.3 Å². The van der Waals surface area contributed by atoms with Crippen LogP contribution in [0, 0.1) is 0 Å². The largest absolute Gasteiger partial charge is 0.383 e. The molecule has 0 unspecified atom stereocenters. The van der Waals surface area contributed by atoms with E-state index >= 15 is 0 Å². The SMILES string of the molecule is COCCNCc1cccc2ccn(Cc3cscn3)c12. The maximum Gasteiger partial charge on any atom is 0.0795 e. The fraction of sp³-hybridized carbons (Fsp3) is 0.312. The third-order valence-electron chi connectivity index (χ3n) is 3.49. The van der Waals surface area contributed by atoms with Crippen LogP contribution in [0.25, 0.3) is 10.9 Å². The molecule has 2 aromatic heterocycles. The Bertz CT molecular complexity index is 691. The Morgan fingerprint density at radius 2 is 2.29 bits per heavy atom. The van der Waals surface area contributed by atoms with E-state index in [1.807, 2.05) is 5.51 Å². The molecule has 4 nitrogen and oxygen atoms in total. The van der Waals surface area contributed by atoms with Crippen LogP contribution in [0.5, 0.6) is 0 Å². The number of rotatable bonds is 7. The average Bonchev–Trinajstić information content (AvgIpc) is 3.15. The predicted octanol–water partition coefficient (Wildman–Crippen LogP) is 2.88. The fourth-order valence-corrected chi connectivity index (χ4v) is 3.05. The molecule has 0 fully saturated rings. The fourth-order valence-electron chi connectivity index (χ4n) is 2.50. The van der Waals surface area contributed by atoms with Gasteiger partial charge < -0.3 is 14.6 Å². The molecule has 0 aliphatic heterocycles. The van der Waals surface area contributed by atoms with Crippen molar-refractivity contribution in [2.24, 2.45) is 0 Å². The van der Waals surface area contributed by atoms with E-state index in [2.05, 4.69) is 50.7 Å². The lowest BCUT2D eigenvalue weighted by Crippen LogP contribution is -2.19. The lowest BCUT2D eigenvalue weighted by atomic mass is 10.1. The van der Waals surface area contributed by atoms with Gasteiger partial charge in [0.1, 0.15) is 0 Å². The highest BCUT2D eigenvalue weighted by Crippen LogP contribution is 2.21. The summed E-state index contributed by atoms with van der Waals surface area (Å²) in [5.74, 6) is 0. The van der Waals surface area contributed by atoms with Crippen LogP contribution >= 0.6 is 11.3 Å². The highest BCUT2D eigenvalue weighted by atomic mass is 32.1. The topological polar surface area (TPSA) is 39.1 Å². The summed E-state index contributed by atoms with van der Waals surface area (Å²) in [6.45, 7) is 3.26. The molecule has 2 heterocycles. The van der Waals surface area contributed by atoms with Crippen LogP contribution in [0.2, 0.25) is 0 Å². The van der Waals surface area contributed by atoms with Crippen LogP contribution < -0.4 is 5.32 Å². The summed E-state index contributed by atoms with van der Waals surface area (Å²) in [6, 6.07) is 8.62. The van der Waals surface area contributed by atoms with Gasteiger partial charge in [-0.25, -0.2) is 4.98 Å². The summed E-state index contributed by atoms with van der Waals surface area (Å²) in [6.07, 6.45) is 2.14. The molecule has 21 heavy (non-hydrogen) atoms. The van der Waals surface area contributed by atoms with E-state index in [0.717, 1.165) is 31.9 Å². The molecule has 1 N–H and O–H groups in total. The molecule has 0 aliphatic carbocycles. The number of para-hydroxylation sites is 1. The highest BCUT2D eigenvalue weighted by Gasteiger charge is 2.07. The maximum absolute atomic E-state index is 5.07. The minimum atomic E-state index is 0.732. The Morgan fingerprint density at radius 3 is 3.10 bits per heavy atom. The van der Waals surface area contributed by atoms with E-state index in [9.17, 15) is 0 Å². The van der Waals surface area contributed by atoms with Gasteiger partial charge in [0.15, 0.2) is 0 Å². The summed E-state index contributed by atoms with van der Waals surface area (Å²) >= 11 is 1.64. The van der Waals surface area contributed by atoms with E-state index in [1.54, 1.807) is 18.4 Å². The first-order chi connectivity index (χ1) is 10.4. The van der Waals surface area contributed by atoms with Crippen LogP contribution in [0.4, 0.5) is 0 Å². The van der Waals surface area contributed by atoms with Crippen molar-refractivity contribution in [2.45, 2.75) is 13.1 Å². The summed E-state index contributed by atoms with van der Waals surface area (Å²) in [4.78, 5) is 4.38. The normalized spacial score (nSPS) is 11.3. The first-order valence-electron chi connectivity index (χ1n) is 7.02. The summed E-state index contributed by atoms with van der Waals surface area (Å²) in [7, 11) is 1.72. The van der Waals surface area contributed by atoms with Crippen molar-refractivity contribution in [2.75, 3.05) is 20.3 Å². The number of hydrogen-bond donors (Lipinski definition) is 1. The van der Waals surface area contributed by atoms with Gasteiger partial charge in [0, 0.05) is 31.8 Å². The molecule has 0 amide bonds. The van der Waals surface area contributed by atoms with Crippen molar-refractivity contribution in [3.05, 3.63) is 52.6 Å². The minimum Gasteiger partial charge on any atom is -0.383 e. The molecule has 110 valence electrons. The van der Waals surface area contributed by atoms with Gasteiger partial charge in [0.25, 0.3) is 0 Å². The summed E-state index contributed by atoms with van der Waals surface area (Å²) in [5.41, 5.74) is 5.59. The number of thiazole rings is 1. The highest BCUT2D eigenvalue weighted by molar-refractivity contribution is 7.07. The van der Waals surface area contributed by atoms with Crippen molar-refractivity contribution in [3.63, 3.8) is 0 Å². The van der Waals surface area contributed by atoms with E-state index in [4.69, 9.17) is 4.74 Å². The molecule has 3 rings (SSSR count). The van der Waals surface area contributed by atoms with Crippen LogP contribution in [-0.2, 0) is 17.8 Å². The van der Waals surface area contributed by atoms with Gasteiger partial charge in [-0.1, -0.05) is 18.2 Å². The standard InChI is InChI=1S/C16H19N3OS/c1-20-8-6-17-9-14-4-2-3-13-5-7-19(16(13)14)10-15-11-21-12-18-15/h2-5,7,11-12,17H,6,8-10H2,1H3. The Morgan fingerprint density at radius 1 is 1.33 bits per heavy atom. The molecule has 0 spiro atoms. The smallest absolute Gasteiger partial charge is 0.0795 e. The number of aromatic nitrogens is 2. The van der Waals surface area contributed by atoms with Crippen molar-refractivity contribution < 1.29 is 4.74 Å². The van der Waals surface area contributed by atoms with Gasteiger partial charge in [-0.2, -0.15) is 0 Å². The van der Waals surface area contributed by atoms with Gasteiger partial charge in [-0.05, 0) is 17.0 Å². The molecular weight excluding hydrogens is 282 g/mol.